The zero-order valence-electron chi connectivity index (χ0n) is 10.9. The number of nitrogens with zero attached hydrogens (tertiary/aromatic N) is 1. The molecule has 0 bridgehead atoms. The van der Waals surface area contributed by atoms with Gasteiger partial charge in [-0.3, -0.25) is 9.59 Å². The van der Waals surface area contributed by atoms with Crippen LogP contribution in [0.25, 0.3) is 0 Å². The predicted molar refractivity (Wildman–Crippen MR) is 71.7 cm³/mol. The van der Waals surface area contributed by atoms with Crippen LogP contribution in [-0.2, 0) is 7.05 Å². The molecule has 0 saturated heterocycles. The molecule has 19 heavy (non-hydrogen) atoms. The second-order valence-electron chi connectivity index (χ2n) is 4.36. The molecule has 0 radical (unpaired) electrons. The molecule has 0 spiro atoms. The Balaban J connectivity index is 1.95. The summed E-state index contributed by atoms with van der Waals surface area (Å²) in [7, 11) is 1.86. The van der Waals surface area contributed by atoms with E-state index in [-0.39, 0.29) is 18.2 Å². The Kier molecular flexibility index (Phi) is 3.80. The Morgan fingerprint density at radius 3 is 2.32 bits per heavy atom. The third-order valence-corrected chi connectivity index (χ3v) is 2.78. The van der Waals surface area contributed by atoms with Gasteiger partial charge in [0, 0.05) is 30.6 Å². The number of rotatable bonds is 5. The first-order valence-electron chi connectivity index (χ1n) is 5.95. The fourth-order valence-corrected chi connectivity index (χ4v) is 1.69. The van der Waals surface area contributed by atoms with Gasteiger partial charge in [-0.05, 0) is 37.3 Å². The number of carbonyl (C=O) groups is 2. The second kappa shape index (κ2) is 5.52. The van der Waals surface area contributed by atoms with Crippen molar-refractivity contribution in [3.05, 3.63) is 53.9 Å². The van der Waals surface area contributed by atoms with Crippen molar-refractivity contribution in [2.75, 3.05) is 6.61 Å². The minimum absolute atomic E-state index is 0.00640. The van der Waals surface area contributed by atoms with Gasteiger partial charge >= 0.3 is 0 Å². The summed E-state index contributed by atoms with van der Waals surface area (Å²) >= 11 is 0. The molecule has 1 aromatic heterocycles. The summed E-state index contributed by atoms with van der Waals surface area (Å²) in [6.07, 6.45) is 3.57. The highest BCUT2D eigenvalue weighted by atomic mass is 16.5. The van der Waals surface area contributed by atoms with Gasteiger partial charge < -0.3 is 9.30 Å². The molecule has 0 N–H and O–H groups in total. The molecule has 0 fully saturated rings. The number of ether oxygens (including phenoxy) is 1. The smallest absolute Gasteiger partial charge is 0.201 e. The summed E-state index contributed by atoms with van der Waals surface area (Å²) in [5.74, 6) is 0.512. The monoisotopic (exact) mass is 257 g/mol. The Morgan fingerprint density at radius 2 is 1.79 bits per heavy atom. The van der Waals surface area contributed by atoms with Gasteiger partial charge in [0.2, 0.25) is 5.78 Å². The molecule has 2 rings (SSSR count). The van der Waals surface area contributed by atoms with Crippen molar-refractivity contribution in [2.24, 2.45) is 7.05 Å². The summed E-state index contributed by atoms with van der Waals surface area (Å²) in [5.41, 5.74) is 1.25. The maximum Gasteiger partial charge on any atom is 0.201 e. The molecular formula is C15H15NO3. The lowest BCUT2D eigenvalue weighted by Crippen LogP contribution is -2.11. The molecule has 98 valence electrons. The van der Waals surface area contributed by atoms with Crippen LogP contribution in [0.4, 0.5) is 0 Å². The average molecular weight is 257 g/mol. The standard InChI is InChI=1S/C15H15NO3/c1-11(17)12-3-5-14(6-4-12)19-10-15(18)13-7-8-16(2)9-13/h3-9H,10H2,1-2H3. The minimum atomic E-state index is -0.0729. The average Bonchev–Trinajstić information content (AvgIpc) is 2.83. The van der Waals surface area contributed by atoms with Crippen molar-refractivity contribution in [3.63, 3.8) is 0 Å². The summed E-state index contributed by atoms with van der Waals surface area (Å²) in [5, 5.41) is 0. The maximum absolute atomic E-state index is 11.8. The first-order chi connectivity index (χ1) is 9.06. The lowest BCUT2D eigenvalue weighted by Gasteiger charge is -2.05. The van der Waals surface area contributed by atoms with Crippen molar-refractivity contribution < 1.29 is 14.3 Å². The van der Waals surface area contributed by atoms with Crippen LogP contribution in [0.2, 0.25) is 0 Å². The van der Waals surface area contributed by atoms with E-state index >= 15 is 0 Å². The fraction of sp³-hybridized carbons (Fsp3) is 0.200. The quantitative estimate of drug-likeness (QED) is 0.773. The van der Waals surface area contributed by atoms with Gasteiger partial charge in [-0.1, -0.05) is 0 Å². The van der Waals surface area contributed by atoms with Crippen LogP contribution in [0, 0.1) is 0 Å². The van der Waals surface area contributed by atoms with E-state index in [1.807, 2.05) is 17.8 Å². The molecule has 0 aliphatic rings. The van der Waals surface area contributed by atoms with Crippen LogP contribution in [0.15, 0.2) is 42.7 Å². The molecule has 0 saturated carbocycles. The van der Waals surface area contributed by atoms with E-state index in [9.17, 15) is 9.59 Å². The van der Waals surface area contributed by atoms with Gasteiger partial charge in [-0.15, -0.1) is 0 Å². The number of ketones is 2. The normalized spacial score (nSPS) is 10.2. The Bertz CT molecular complexity index is 596. The summed E-state index contributed by atoms with van der Waals surface area (Å²) in [4.78, 5) is 22.9. The third-order valence-electron chi connectivity index (χ3n) is 2.78. The topological polar surface area (TPSA) is 48.3 Å². The first-order valence-corrected chi connectivity index (χ1v) is 5.95. The van der Waals surface area contributed by atoms with Crippen LogP contribution in [0.5, 0.6) is 5.75 Å². The number of Topliss-reactive ketones (excluding diaryl/α,β-unsaturated/α-hetero) is 2. The van der Waals surface area contributed by atoms with Gasteiger partial charge in [0.25, 0.3) is 0 Å². The number of aromatic nitrogens is 1. The van der Waals surface area contributed by atoms with Crippen LogP contribution in [0.3, 0.4) is 0 Å². The van der Waals surface area contributed by atoms with Crippen molar-refractivity contribution >= 4 is 11.6 Å². The molecule has 0 atom stereocenters. The molecule has 2 aromatic rings. The molecular weight excluding hydrogens is 242 g/mol. The Labute approximate surface area is 111 Å². The lowest BCUT2D eigenvalue weighted by molar-refractivity contribution is 0.0920. The zero-order valence-corrected chi connectivity index (χ0v) is 10.9. The largest absolute Gasteiger partial charge is 0.485 e. The van der Waals surface area contributed by atoms with Gasteiger partial charge in [0.05, 0.1) is 0 Å². The van der Waals surface area contributed by atoms with Crippen LogP contribution in [0.1, 0.15) is 27.6 Å². The maximum atomic E-state index is 11.8. The summed E-state index contributed by atoms with van der Waals surface area (Å²) in [6.45, 7) is 1.50. The van der Waals surface area contributed by atoms with E-state index in [1.54, 1.807) is 36.5 Å². The van der Waals surface area contributed by atoms with Crippen molar-refractivity contribution in [1.29, 1.82) is 0 Å². The highest BCUT2D eigenvalue weighted by Crippen LogP contribution is 2.13. The van der Waals surface area contributed by atoms with Gasteiger partial charge in [-0.25, -0.2) is 0 Å². The Morgan fingerprint density at radius 1 is 1.11 bits per heavy atom. The van der Waals surface area contributed by atoms with Crippen molar-refractivity contribution in [1.82, 2.24) is 4.57 Å². The van der Waals surface area contributed by atoms with E-state index in [4.69, 9.17) is 4.74 Å². The van der Waals surface area contributed by atoms with Crippen molar-refractivity contribution in [3.8, 4) is 5.75 Å². The van der Waals surface area contributed by atoms with Crippen LogP contribution in [-0.4, -0.2) is 22.7 Å². The van der Waals surface area contributed by atoms with Gasteiger partial charge in [-0.2, -0.15) is 0 Å². The highest BCUT2D eigenvalue weighted by Gasteiger charge is 2.08. The van der Waals surface area contributed by atoms with E-state index in [2.05, 4.69) is 0 Å². The molecule has 0 aliphatic heterocycles. The molecule has 0 unspecified atom stereocenters. The highest BCUT2D eigenvalue weighted by molar-refractivity contribution is 5.97. The molecule has 1 aromatic carbocycles. The second-order valence-corrected chi connectivity index (χ2v) is 4.36. The van der Waals surface area contributed by atoms with Gasteiger partial charge in [0.1, 0.15) is 5.75 Å². The first kappa shape index (κ1) is 13.1. The molecule has 0 amide bonds. The summed E-state index contributed by atoms with van der Waals surface area (Å²) in [6, 6.07) is 8.50. The lowest BCUT2D eigenvalue weighted by atomic mass is 10.1. The Hall–Kier alpha value is -2.36. The predicted octanol–water partition coefficient (Wildman–Crippen LogP) is 2.49. The number of carbonyl (C=O) groups excluding carboxylic acids is 2. The van der Waals surface area contributed by atoms with Gasteiger partial charge in [0.15, 0.2) is 12.4 Å². The molecule has 1 heterocycles. The zero-order chi connectivity index (χ0) is 13.8. The number of aryl methyl sites for hydroxylation is 1. The molecule has 4 nitrogen and oxygen atoms in total. The van der Waals surface area contributed by atoms with E-state index < -0.39 is 0 Å². The molecule has 4 heteroatoms. The number of benzene rings is 1. The van der Waals surface area contributed by atoms with Crippen molar-refractivity contribution in [2.45, 2.75) is 6.92 Å². The third kappa shape index (κ3) is 3.31. The number of hydrogen-bond donors (Lipinski definition) is 0. The summed E-state index contributed by atoms with van der Waals surface area (Å²) < 4.78 is 7.21. The fourth-order valence-electron chi connectivity index (χ4n) is 1.69. The van der Waals surface area contributed by atoms with E-state index in [0.29, 0.717) is 16.9 Å². The van der Waals surface area contributed by atoms with E-state index in [1.165, 1.54) is 6.92 Å². The minimum Gasteiger partial charge on any atom is -0.485 e. The van der Waals surface area contributed by atoms with Crippen LogP contribution < -0.4 is 4.74 Å². The van der Waals surface area contributed by atoms with E-state index in [0.717, 1.165) is 0 Å². The SMILES string of the molecule is CC(=O)c1ccc(OCC(=O)c2ccn(C)c2)cc1. The van der Waals surface area contributed by atoms with Crippen LogP contribution >= 0.6 is 0 Å². The number of hydrogen-bond acceptors (Lipinski definition) is 3. The molecule has 0 aliphatic carbocycles.